The van der Waals surface area contributed by atoms with Gasteiger partial charge in [0.05, 0.1) is 6.61 Å². The van der Waals surface area contributed by atoms with Crippen molar-refractivity contribution in [2.24, 2.45) is 0 Å². The molecule has 0 saturated carbocycles. The molecule has 1 aliphatic heterocycles. The molecule has 0 bridgehead atoms. The lowest BCUT2D eigenvalue weighted by atomic mass is 10.1. The zero-order chi connectivity index (χ0) is 11.9. The van der Waals surface area contributed by atoms with Gasteiger partial charge in [-0.3, -0.25) is 0 Å². The predicted molar refractivity (Wildman–Crippen MR) is 69.4 cm³/mol. The van der Waals surface area contributed by atoms with Crippen LogP contribution in [0.1, 0.15) is 25.3 Å². The maximum absolute atomic E-state index is 5.65. The molecule has 92 valence electrons. The predicted octanol–water partition coefficient (Wildman–Crippen LogP) is 3.36. The van der Waals surface area contributed by atoms with Crippen molar-refractivity contribution in [3.05, 3.63) is 42.0 Å². The summed E-state index contributed by atoms with van der Waals surface area (Å²) >= 11 is 0. The monoisotopic (exact) mass is 232 g/mol. The van der Waals surface area contributed by atoms with Gasteiger partial charge in [-0.25, -0.2) is 0 Å². The number of rotatable bonds is 7. The van der Waals surface area contributed by atoms with Gasteiger partial charge in [-0.2, -0.15) is 0 Å². The molecule has 0 radical (unpaired) electrons. The molecule has 0 aromatic heterocycles. The van der Waals surface area contributed by atoms with Gasteiger partial charge in [-0.1, -0.05) is 37.6 Å². The lowest BCUT2D eigenvalue weighted by molar-refractivity contribution is 0.263. The summed E-state index contributed by atoms with van der Waals surface area (Å²) in [5.74, 6) is 0.946. The van der Waals surface area contributed by atoms with Crippen LogP contribution in [0.4, 0.5) is 0 Å². The van der Waals surface area contributed by atoms with Crippen molar-refractivity contribution < 1.29 is 9.47 Å². The first-order valence-electron chi connectivity index (χ1n) is 6.37. The van der Waals surface area contributed by atoms with E-state index in [4.69, 9.17) is 9.47 Å². The Morgan fingerprint density at radius 1 is 1.41 bits per heavy atom. The average molecular weight is 232 g/mol. The van der Waals surface area contributed by atoms with Crippen LogP contribution in [0.15, 0.2) is 36.4 Å². The third kappa shape index (κ3) is 4.61. The molecule has 1 aliphatic rings. The van der Waals surface area contributed by atoms with E-state index >= 15 is 0 Å². The minimum atomic E-state index is 0.322. The molecule has 1 heterocycles. The van der Waals surface area contributed by atoms with Gasteiger partial charge in [0.25, 0.3) is 0 Å². The molecule has 1 saturated heterocycles. The van der Waals surface area contributed by atoms with Crippen molar-refractivity contribution in [1.82, 2.24) is 0 Å². The highest BCUT2D eigenvalue weighted by molar-refractivity contribution is 5.29. The van der Waals surface area contributed by atoms with Crippen LogP contribution in [0.3, 0.4) is 0 Å². The highest BCUT2D eigenvalue weighted by Gasteiger charge is 2.22. The zero-order valence-electron chi connectivity index (χ0n) is 10.4. The second kappa shape index (κ2) is 6.45. The van der Waals surface area contributed by atoms with Gasteiger partial charge in [0.15, 0.2) is 0 Å². The Hall–Kier alpha value is -1.28. The lowest BCUT2D eigenvalue weighted by Gasteiger charge is -2.05. The average Bonchev–Trinajstić information content (AvgIpc) is 3.17. The lowest BCUT2D eigenvalue weighted by Crippen LogP contribution is -2.04. The summed E-state index contributed by atoms with van der Waals surface area (Å²) in [4.78, 5) is 0. The molecule has 17 heavy (non-hydrogen) atoms. The minimum Gasteiger partial charge on any atom is -0.491 e. The second-order valence-corrected chi connectivity index (χ2v) is 4.38. The fraction of sp³-hybridized carbons (Fsp3) is 0.467. The molecular formula is C15H20O2. The first-order chi connectivity index (χ1) is 8.38. The van der Waals surface area contributed by atoms with Gasteiger partial charge in [-0.05, 0) is 30.5 Å². The van der Waals surface area contributed by atoms with Crippen LogP contribution in [-0.2, 0) is 11.2 Å². The van der Waals surface area contributed by atoms with Crippen LogP contribution < -0.4 is 4.74 Å². The largest absolute Gasteiger partial charge is 0.491 e. The maximum Gasteiger partial charge on any atom is 0.119 e. The number of unbranched alkanes of at least 4 members (excludes halogenated alkanes) is 1. The molecule has 2 heteroatoms. The summed E-state index contributed by atoms with van der Waals surface area (Å²) in [7, 11) is 0. The van der Waals surface area contributed by atoms with Crippen molar-refractivity contribution in [2.75, 3.05) is 13.2 Å². The molecule has 1 fully saturated rings. The number of hydrogen-bond donors (Lipinski definition) is 0. The molecule has 1 aromatic rings. The van der Waals surface area contributed by atoms with Crippen LogP contribution >= 0.6 is 0 Å². The maximum atomic E-state index is 5.65. The molecule has 1 unspecified atom stereocenters. The molecule has 1 aromatic carbocycles. The number of epoxide rings is 1. The highest BCUT2D eigenvalue weighted by Crippen LogP contribution is 2.17. The Morgan fingerprint density at radius 3 is 3.06 bits per heavy atom. The Labute approximate surface area is 103 Å². The van der Waals surface area contributed by atoms with Gasteiger partial charge >= 0.3 is 0 Å². The number of ether oxygens (including phenoxy) is 2. The zero-order valence-corrected chi connectivity index (χ0v) is 10.4. The summed E-state index contributed by atoms with van der Waals surface area (Å²) in [6.45, 7) is 3.72. The molecule has 0 aliphatic carbocycles. The van der Waals surface area contributed by atoms with Crippen LogP contribution in [0.2, 0.25) is 0 Å². The van der Waals surface area contributed by atoms with Gasteiger partial charge in [0.1, 0.15) is 18.5 Å². The molecule has 0 amide bonds. The quantitative estimate of drug-likeness (QED) is 0.531. The van der Waals surface area contributed by atoms with Crippen LogP contribution in [0.25, 0.3) is 0 Å². The third-order valence-electron chi connectivity index (χ3n) is 2.71. The summed E-state index contributed by atoms with van der Waals surface area (Å²) in [6.07, 6.45) is 8.15. The Bertz CT molecular complexity index is 367. The molecule has 1 atom stereocenters. The van der Waals surface area contributed by atoms with Gasteiger partial charge in [0.2, 0.25) is 0 Å². The summed E-state index contributed by atoms with van der Waals surface area (Å²) in [6, 6.07) is 8.29. The van der Waals surface area contributed by atoms with Gasteiger partial charge in [-0.15, -0.1) is 0 Å². The van der Waals surface area contributed by atoms with E-state index in [-0.39, 0.29) is 0 Å². The topological polar surface area (TPSA) is 21.8 Å². The van der Waals surface area contributed by atoms with E-state index < -0.39 is 0 Å². The smallest absolute Gasteiger partial charge is 0.119 e. The number of benzene rings is 1. The van der Waals surface area contributed by atoms with Crippen molar-refractivity contribution >= 4 is 0 Å². The van der Waals surface area contributed by atoms with Crippen molar-refractivity contribution in [3.63, 3.8) is 0 Å². The van der Waals surface area contributed by atoms with Crippen LogP contribution in [0.5, 0.6) is 5.75 Å². The SMILES string of the molecule is CCC/C=C/Cc1cccc(OCC2CO2)c1. The summed E-state index contributed by atoms with van der Waals surface area (Å²) in [5.41, 5.74) is 1.30. The fourth-order valence-electron chi connectivity index (χ4n) is 1.62. The highest BCUT2D eigenvalue weighted by atomic mass is 16.6. The first kappa shape index (κ1) is 12.2. The first-order valence-corrected chi connectivity index (χ1v) is 6.37. The standard InChI is InChI=1S/C15H20O2/c1-2-3-4-5-7-13-8-6-9-14(10-13)16-11-15-12-17-15/h4-6,8-10,15H,2-3,7,11-12H2,1H3/b5-4+. The molecule has 2 rings (SSSR count). The van der Waals surface area contributed by atoms with Crippen molar-refractivity contribution in [3.8, 4) is 5.75 Å². The number of hydrogen-bond acceptors (Lipinski definition) is 2. The summed E-state index contributed by atoms with van der Waals surface area (Å²) < 4.78 is 10.8. The molecular weight excluding hydrogens is 212 g/mol. The molecule has 2 nitrogen and oxygen atoms in total. The second-order valence-electron chi connectivity index (χ2n) is 4.38. The molecule has 0 N–H and O–H groups in total. The van der Waals surface area contributed by atoms with Crippen molar-refractivity contribution in [2.45, 2.75) is 32.3 Å². The van der Waals surface area contributed by atoms with Crippen LogP contribution in [-0.4, -0.2) is 19.3 Å². The van der Waals surface area contributed by atoms with E-state index in [0.29, 0.717) is 12.7 Å². The number of allylic oxidation sites excluding steroid dienone is 2. The Balaban J connectivity index is 1.81. The van der Waals surface area contributed by atoms with E-state index in [9.17, 15) is 0 Å². The van der Waals surface area contributed by atoms with E-state index in [2.05, 4.69) is 31.2 Å². The fourth-order valence-corrected chi connectivity index (χ4v) is 1.62. The van der Waals surface area contributed by atoms with Crippen LogP contribution in [0, 0.1) is 0 Å². The van der Waals surface area contributed by atoms with E-state index in [0.717, 1.165) is 25.2 Å². The van der Waals surface area contributed by atoms with Gasteiger partial charge in [0, 0.05) is 0 Å². The minimum absolute atomic E-state index is 0.322. The molecule has 0 spiro atoms. The van der Waals surface area contributed by atoms with E-state index in [1.165, 1.54) is 12.0 Å². The Morgan fingerprint density at radius 2 is 2.29 bits per heavy atom. The third-order valence-corrected chi connectivity index (χ3v) is 2.71. The van der Waals surface area contributed by atoms with E-state index in [1.54, 1.807) is 0 Å². The normalized spacial score (nSPS) is 18.5. The Kier molecular flexibility index (Phi) is 4.63. The van der Waals surface area contributed by atoms with Crippen molar-refractivity contribution in [1.29, 1.82) is 0 Å². The van der Waals surface area contributed by atoms with E-state index in [1.807, 2.05) is 12.1 Å². The van der Waals surface area contributed by atoms with Gasteiger partial charge < -0.3 is 9.47 Å². The summed E-state index contributed by atoms with van der Waals surface area (Å²) in [5, 5.41) is 0.